The van der Waals surface area contributed by atoms with Gasteiger partial charge in [-0.05, 0) is 24.3 Å². The van der Waals surface area contributed by atoms with E-state index in [0.29, 0.717) is 17.5 Å². The molecule has 0 aromatic carbocycles. The normalized spacial score (nSPS) is 26.4. The van der Waals surface area contributed by atoms with Crippen molar-refractivity contribution < 1.29 is 28.6 Å². The Morgan fingerprint density at radius 1 is 1.40 bits per heavy atom. The van der Waals surface area contributed by atoms with Crippen molar-refractivity contribution >= 4 is 41.6 Å². The highest BCUT2D eigenvalue weighted by Gasteiger charge is 2.56. The molecular formula is C16H24N6O6S2. The molecule has 0 spiro atoms. The molecule has 30 heavy (non-hydrogen) atoms. The lowest BCUT2D eigenvalue weighted by molar-refractivity contribution is -0.180. The second-order valence-electron chi connectivity index (χ2n) is 6.81. The van der Waals surface area contributed by atoms with Gasteiger partial charge in [-0.1, -0.05) is 11.8 Å². The number of hydrogen-bond acceptors (Lipinski definition) is 12. The lowest BCUT2D eigenvalue weighted by Crippen LogP contribution is -2.72. The highest BCUT2D eigenvalue weighted by Crippen LogP contribution is 2.44. The van der Waals surface area contributed by atoms with Crippen LogP contribution in [0, 0.1) is 5.41 Å². The Balaban J connectivity index is 1.73. The monoisotopic (exact) mass is 460 g/mol. The first-order valence-corrected chi connectivity index (χ1v) is 11.5. The van der Waals surface area contributed by atoms with E-state index in [-0.39, 0.29) is 30.2 Å². The van der Waals surface area contributed by atoms with E-state index >= 15 is 0 Å². The van der Waals surface area contributed by atoms with E-state index < -0.39 is 29.9 Å². The molecule has 2 fully saturated rings. The van der Waals surface area contributed by atoms with Gasteiger partial charge < -0.3 is 24.8 Å². The number of carbonyl (C=O) groups excluding carboxylic acids is 3. The summed E-state index contributed by atoms with van der Waals surface area (Å²) in [6.45, 7) is 5.84. The average molecular weight is 461 g/mol. The summed E-state index contributed by atoms with van der Waals surface area (Å²) in [5.74, 6) is -0.122. The van der Waals surface area contributed by atoms with Gasteiger partial charge in [0.05, 0.1) is 6.61 Å². The summed E-state index contributed by atoms with van der Waals surface area (Å²) in [6, 6.07) is -0.560. The number of β-lactam (4-membered cyclic amide) rings is 1. The zero-order valence-corrected chi connectivity index (χ0v) is 18.5. The minimum atomic E-state index is -1.14. The molecule has 3 unspecified atom stereocenters. The quantitative estimate of drug-likeness (QED) is 0.242. The van der Waals surface area contributed by atoms with Gasteiger partial charge in [0.25, 0.3) is 0 Å². The zero-order valence-electron chi connectivity index (χ0n) is 16.8. The van der Waals surface area contributed by atoms with Crippen molar-refractivity contribution in [3.8, 4) is 0 Å². The van der Waals surface area contributed by atoms with E-state index in [1.54, 1.807) is 16.5 Å². The van der Waals surface area contributed by atoms with Crippen molar-refractivity contribution in [1.29, 1.82) is 0 Å². The second kappa shape index (κ2) is 9.39. The predicted molar refractivity (Wildman–Crippen MR) is 106 cm³/mol. The van der Waals surface area contributed by atoms with Gasteiger partial charge in [0.15, 0.2) is 0 Å². The molecule has 2 aliphatic heterocycles. The number of rotatable bonds is 8. The number of esters is 1. The Bertz CT molecular complexity index is 809. The Morgan fingerprint density at radius 2 is 2.17 bits per heavy atom. The molecule has 2 saturated heterocycles. The van der Waals surface area contributed by atoms with Crippen molar-refractivity contribution in [3.05, 3.63) is 0 Å². The highest BCUT2D eigenvalue weighted by molar-refractivity contribution is 8.00. The summed E-state index contributed by atoms with van der Waals surface area (Å²) in [5, 5.41) is 11.9. The van der Waals surface area contributed by atoms with Crippen LogP contribution in [0.5, 0.6) is 0 Å². The summed E-state index contributed by atoms with van der Waals surface area (Å²) in [5.41, 5.74) is 4.82. The van der Waals surface area contributed by atoms with Crippen molar-refractivity contribution in [1.82, 2.24) is 25.1 Å². The van der Waals surface area contributed by atoms with Gasteiger partial charge in [0, 0.05) is 31.5 Å². The minimum Gasteiger partial charge on any atom is -0.435 e. The number of nitrogens with zero attached hydrogens (tertiary/aromatic N) is 5. The molecule has 0 saturated carbocycles. The van der Waals surface area contributed by atoms with E-state index in [1.807, 2.05) is 6.92 Å². The van der Waals surface area contributed by atoms with Crippen LogP contribution >= 0.6 is 23.5 Å². The summed E-state index contributed by atoms with van der Waals surface area (Å²) >= 11 is 2.73. The smallest absolute Gasteiger partial charge is 0.435 e. The fourth-order valence-electron chi connectivity index (χ4n) is 3.09. The van der Waals surface area contributed by atoms with Crippen molar-refractivity contribution in [2.24, 2.45) is 11.1 Å². The van der Waals surface area contributed by atoms with Crippen LogP contribution in [0.25, 0.3) is 0 Å². The van der Waals surface area contributed by atoms with Crippen LogP contribution in [0.4, 0.5) is 4.79 Å². The Labute approximate surface area is 181 Å². The van der Waals surface area contributed by atoms with E-state index in [0.717, 1.165) is 0 Å². The largest absolute Gasteiger partial charge is 0.511 e. The maximum atomic E-state index is 13.1. The number of carbonyl (C=O) groups is 3. The van der Waals surface area contributed by atoms with Crippen LogP contribution in [-0.4, -0.2) is 85.5 Å². The highest BCUT2D eigenvalue weighted by atomic mass is 32.2. The van der Waals surface area contributed by atoms with Gasteiger partial charge in [-0.2, -0.15) is 0 Å². The number of aryl methyl sites for hydroxylation is 1. The number of aromatic nitrogens is 4. The maximum absolute atomic E-state index is 13.1. The third-order valence-corrected chi connectivity index (χ3v) is 7.55. The van der Waals surface area contributed by atoms with Gasteiger partial charge in [-0.3, -0.25) is 9.59 Å². The Morgan fingerprint density at radius 3 is 2.87 bits per heavy atom. The van der Waals surface area contributed by atoms with E-state index in [2.05, 4.69) is 15.5 Å². The summed E-state index contributed by atoms with van der Waals surface area (Å²) in [7, 11) is 0. The van der Waals surface area contributed by atoms with Gasteiger partial charge in [0.1, 0.15) is 16.8 Å². The molecule has 0 aliphatic carbocycles. The van der Waals surface area contributed by atoms with E-state index in [9.17, 15) is 14.4 Å². The molecule has 14 heteroatoms. The molecular weight excluding hydrogens is 436 g/mol. The number of ether oxygens (including phenoxy) is 3. The average Bonchev–Trinajstić information content (AvgIpc) is 3.19. The van der Waals surface area contributed by atoms with Crippen LogP contribution in [-0.2, 0) is 30.3 Å². The topological polar surface area (TPSA) is 152 Å². The molecule has 12 nitrogen and oxygen atoms in total. The standard InChI is InChI=1S/C16H24N6O6S2/c1-4-22-14(18-19-20-22)30-8-16(6-21-11(23)10(17)12(21)29-7-16)13(24)27-9(3)28-15(25)26-5-2/h9-10,12H,4-8,17H2,1-3H3/t9?,10?,12-,16?/m1/s1. The molecule has 4 atom stereocenters. The predicted octanol–water partition coefficient (Wildman–Crippen LogP) is 0.0762. The summed E-state index contributed by atoms with van der Waals surface area (Å²) in [4.78, 5) is 38.4. The molecule has 166 valence electrons. The van der Waals surface area contributed by atoms with Gasteiger partial charge in [-0.25, -0.2) is 9.48 Å². The first-order valence-electron chi connectivity index (χ1n) is 9.42. The second-order valence-corrected chi connectivity index (χ2v) is 8.86. The Kier molecular flexibility index (Phi) is 7.08. The molecule has 1 aromatic rings. The van der Waals surface area contributed by atoms with Crippen LogP contribution in [0.3, 0.4) is 0 Å². The molecule has 2 N–H and O–H groups in total. The van der Waals surface area contributed by atoms with E-state index in [4.69, 9.17) is 19.9 Å². The molecule has 2 aliphatic rings. The summed E-state index contributed by atoms with van der Waals surface area (Å²) in [6.07, 6.45) is -2.07. The minimum absolute atomic E-state index is 0.140. The number of thioether (sulfide) groups is 2. The van der Waals surface area contributed by atoms with Crippen LogP contribution in [0.2, 0.25) is 0 Å². The van der Waals surface area contributed by atoms with E-state index in [1.165, 1.54) is 30.4 Å². The Hall–Kier alpha value is -2.06. The number of hydrogen-bond donors (Lipinski definition) is 1. The zero-order chi connectivity index (χ0) is 21.9. The molecule has 0 radical (unpaired) electrons. The van der Waals surface area contributed by atoms with Crippen molar-refractivity contribution in [2.75, 3.05) is 24.7 Å². The molecule has 3 heterocycles. The van der Waals surface area contributed by atoms with Gasteiger partial charge >= 0.3 is 12.1 Å². The van der Waals surface area contributed by atoms with Crippen LogP contribution < -0.4 is 5.73 Å². The van der Waals surface area contributed by atoms with Crippen molar-refractivity contribution in [3.63, 3.8) is 0 Å². The lowest BCUT2D eigenvalue weighted by atomic mass is 9.89. The number of fused-ring (bicyclic) bond motifs is 1. The molecule has 1 amide bonds. The fourth-order valence-corrected chi connectivity index (χ4v) is 5.82. The number of tetrazole rings is 1. The number of amides is 1. The fraction of sp³-hybridized carbons (Fsp3) is 0.750. The first kappa shape index (κ1) is 22.6. The SMILES string of the molecule is CCOC(=O)OC(C)OC(=O)C1(CSc2nnnn2CC)CS[C@@H]2C(N)C(=O)N2C1. The maximum Gasteiger partial charge on any atom is 0.511 e. The molecule has 1 aromatic heterocycles. The summed E-state index contributed by atoms with van der Waals surface area (Å²) < 4.78 is 16.6. The third kappa shape index (κ3) is 4.49. The third-order valence-electron chi connectivity index (χ3n) is 4.69. The molecule has 0 bridgehead atoms. The van der Waals surface area contributed by atoms with Gasteiger partial charge in [0.2, 0.25) is 17.4 Å². The lowest BCUT2D eigenvalue weighted by Gasteiger charge is -2.53. The first-order chi connectivity index (χ1) is 14.3. The number of nitrogens with two attached hydrogens (primary N) is 1. The molecule has 3 rings (SSSR count). The van der Waals surface area contributed by atoms with Gasteiger partial charge in [-0.15, -0.1) is 16.9 Å². The van der Waals surface area contributed by atoms with Crippen molar-refractivity contribution in [2.45, 2.75) is 50.2 Å². The van der Waals surface area contributed by atoms with Crippen LogP contribution in [0.15, 0.2) is 5.16 Å². The van der Waals surface area contributed by atoms with Crippen LogP contribution in [0.1, 0.15) is 20.8 Å².